The lowest BCUT2D eigenvalue weighted by Gasteiger charge is -2.24. The number of hydrogen-bond donors (Lipinski definition) is 1. The number of benzene rings is 1. The van der Waals surface area contributed by atoms with Crippen molar-refractivity contribution in [2.45, 2.75) is 32.2 Å². The number of aromatic nitrogens is 2. The van der Waals surface area contributed by atoms with Crippen LogP contribution >= 0.6 is 0 Å². The summed E-state index contributed by atoms with van der Waals surface area (Å²) in [6.45, 7) is 2.99. The normalized spacial score (nSPS) is 22.1. The Morgan fingerprint density at radius 3 is 3.00 bits per heavy atom. The average molecular weight is 356 g/mol. The SMILES string of the molecule is CC1Cn2c(cnc2C(=O)N[C@H]2COc3ccccc3N(C)C2=O)CO1. The molecule has 1 N–H and O–H groups in total. The fourth-order valence-electron chi connectivity index (χ4n) is 3.23. The highest BCUT2D eigenvalue weighted by molar-refractivity contribution is 6.02. The summed E-state index contributed by atoms with van der Waals surface area (Å²) >= 11 is 0. The Morgan fingerprint density at radius 2 is 2.15 bits per heavy atom. The first kappa shape index (κ1) is 16.6. The molecule has 2 atom stereocenters. The Labute approximate surface area is 150 Å². The molecule has 1 aromatic heterocycles. The van der Waals surface area contributed by atoms with Crippen molar-refractivity contribution in [1.82, 2.24) is 14.9 Å². The number of carbonyl (C=O) groups is 2. The van der Waals surface area contributed by atoms with Crippen molar-refractivity contribution < 1.29 is 19.1 Å². The molecule has 0 fully saturated rings. The van der Waals surface area contributed by atoms with Gasteiger partial charge in [0.25, 0.3) is 11.8 Å². The molecule has 26 heavy (non-hydrogen) atoms. The highest BCUT2D eigenvalue weighted by atomic mass is 16.5. The first-order chi connectivity index (χ1) is 12.5. The second-order valence-corrected chi connectivity index (χ2v) is 6.51. The minimum atomic E-state index is -0.787. The van der Waals surface area contributed by atoms with Crippen molar-refractivity contribution in [2.24, 2.45) is 0 Å². The van der Waals surface area contributed by atoms with Gasteiger partial charge in [0.15, 0.2) is 5.82 Å². The summed E-state index contributed by atoms with van der Waals surface area (Å²) in [6, 6.07) is 6.51. The van der Waals surface area contributed by atoms with Crippen LogP contribution in [0.5, 0.6) is 5.75 Å². The van der Waals surface area contributed by atoms with Crippen LogP contribution in [-0.4, -0.2) is 47.2 Å². The molecule has 0 radical (unpaired) electrons. The number of rotatable bonds is 2. The van der Waals surface area contributed by atoms with Crippen LogP contribution in [0.15, 0.2) is 30.5 Å². The monoisotopic (exact) mass is 356 g/mol. The van der Waals surface area contributed by atoms with Crippen LogP contribution in [-0.2, 0) is 22.7 Å². The Morgan fingerprint density at radius 1 is 1.35 bits per heavy atom. The lowest BCUT2D eigenvalue weighted by molar-refractivity contribution is -0.120. The van der Waals surface area contributed by atoms with E-state index in [1.165, 1.54) is 4.90 Å². The molecule has 0 saturated carbocycles. The number of amides is 2. The van der Waals surface area contributed by atoms with Crippen LogP contribution in [0.1, 0.15) is 23.2 Å². The topological polar surface area (TPSA) is 85.7 Å². The van der Waals surface area contributed by atoms with Crippen LogP contribution in [0.3, 0.4) is 0 Å². The third-order valence-electron chi connectivity index (χ3n) is 4.66. The molecule has 2 aliphatic heterocycles. The smallest absolute Gasteiger partial charge is 0.288 e. The van der Waals surface area contributed by atoms with E-state index < -0.39 is 11.9 Å². The Hall–Kier alpha value is -2.87. The second-order valence-electron chi connectivity index (χ2n) is 6.51. The van der Waals surface area contributed by atoms with Crippen molar-refractivity contribution in [3.8, 4) is 5.75 Å². The maximum atomic E-state index is 12.7. The van der Waals surface area contributed by atoms with E-state index in [0.717, 1.165) is 5.69 Å². The van der Waals surface area contributed by atoms with E-state index in [1.807, 2.05) is 29.7 Å². The number of anilines is 1. The minimum absolute atomic E-state index is 0.00623. The average Bonchev–Trinajstić information content (AvgIpc) is 3.02. The lowest BCUT2D eigenvalue weighted by Crippen LogP contribution is -2.50. The summed E-state index contributed by atoms with van der Waals surface area (Å²) in [5.41, 5.74) is 1.53. The van der Waals surface area contributed by atoms with Crippen LogP contribution in [0.2, 0.25) is 0 Å². The second kappa shape index (κ2) is 6.45. The molecule has 2 aliphatic rings. The van der Waals surface area contributed by atoms with Crippen molar-refractivity contribution in [3.05, 3.63) is 42.0 Å². The Bertz CT molecular complexity index is 863. The van der Waals surface area contributed by atoms with E-state index in [9.17, 15) is 9.59 Å². The standard InChI is InChI=1S/C18H20N4O4/c1-11-8-22-12(9-25-11)7-19-16(22)17(23)20-13-10-26-15-6-4-3-5-14(15)21(2)18(13)24/h3-7,11,13H,8-10H2,1-2H3,(H,20,23)/t11?,13-/m0/s1. The predicted octanol–water partition coefficient (Wildman–Crippen LogP) is 0.956. The Balaban J connectivity index is 1.54. The maximum absolute atomic E-state index is 12.7. The van der Waals surface area contributed by atoms with E-state index >= 15 is 0 Å². The van der Waals surface area contributed by atoms with Gasteiger partial charge in [-0.05, 0) is 19.1 Å². The van der Waals surface area contributed by atoms with Crippen LogP contribution in [0, 0.1) is 0 Å². The van der Waals surface area contributed by atoms with Gasteiger partial charge in [0, 0.05) is 7.05 Å². The number of imidazole rings is 1. The van der Waals surface area contributed by atoms with Gasteiger partial charge in [-0.25, -0.2) is 4.98 Å². The van der Waals surface area contributed by atoms with Gasteiger partial charge in [-0.2, -0.15) is 0 Å². The van der Waals surface area contributed by atoms with E-state index in [4.69, 9.17) is 9.47 Å². The number of likely N-dealkylation sites (N-methyl/N-ethyl adjacent to an activating group) is 1. The number of fused-ring (bicyclic) bond motifs is 2. The summed E-state index contributed by atoms with van der Waals surface area (Å²) < 4.78 is 13.1. The van der Waals surface area contributed by atoms with Gasteiger partial charge >= 0.3 is 0 Å². The molecule has 2 amide bonds. The van der Waals surface area contributed by atoms with Crippen molar-refractivity contribution >= 4 is 17.5 Å². The molecule has 8 heteroatoms. The van der Waals surface area contributed by atoms with E-state index in [2.05, 4.69) is 10.3 Å². The Kier molecular flexibility index (Phi) is 4.12. The summed E-state index contributed by atoms with van der Waals surface area (Å²) in [5.74, 6) is 0.272. The van der Waals surface area contributed by atoms with E-state index in [1.54, 1.807) is 19.3 Å². The number of ether oxygens (including phenoxy) is 2. The number of hydrogen-bond acceptors (Lipinski definition) is 5. The zero-order valence-corrected chi connectivity index (χ0v) is 14.6. The van der Waals surface area contributed by atoms with Gasteiger partial charge in [-0.1, -0.05) is 12.1 Å². The highest BCUT2D eigenvalue weighted by Gasteiger charge is 2.32. The number of para-hydroxylation sites is 2. The van der Waals surface area contributed by atoms with E-state index in [-0.39, 0.29) is 24.4 Å². The van der Waals surface area contributed by atoms with Crippen molar-refractivity contribution in [2.75, 3.05) is 18.6 Å². The van der Waals surface area contributed by atoms with Gasteiger partial charge in [-0.15, -0.1) is 0 Å². The van der Waals surface area contributed by atoms with Gasteiger partial charge in [0.1, 0.15) is 18.4 Å². The summed E-state index contributed by atoms with van der Waals surface area (Å²) in [5, 5.41) is 2.76. The van der Waals surface area contributed by atoms with Crippen LogP contribution in [0.25, 0.3) is 0 Å². The fraction of sp³-hybridized carbons (Fsp3) is 0.389. The summed E-state index contributed by atoms with van der Waals surface area (Å²) in [7, 11) is 1.67. The summed E-state index contributed by atoms with van der Waals surface area (Å²) in [6.07, 6.45) is 1.64. The van der Waals surface area contributed by atoms with Crippen LogP contribution < -0.4 is 15.0 Å². The zero-order chi connectivity index (χ0) is 18.3. The van der Waals surface area contributed by atoms with Crippen molar-refractivity contribution in [1.29, 1.82) is 0 Å². The van der Waals surface area contributed by atoms with Gasteiger partial charge < -0.3 is 24.3 Å². The number of nitrogens with one attached hydrogen (secondary N) is 1. The lowest BCUT2D eigenvalue weighted by atomic mass is 10.2. The predicted molar refractivity (Wildman–Crippen MR) is 93.1 cm³/mol. The molecule has 4 rings (SSSR count). The van der Waals surface area contributed by atoms with Crippen LogP contribution in [0.4, 0.5) is 5.69 Å². The molecule has 2 aromatic rings. The molecule has 136 valence electrons. The first-order valence-corrected chi connectivity index (χ1v) is 8.51. The van der Waals surface area contributed by atoms with E-state index in [0.29, 0.717) is 24.6 Å². The fourth-order valence-corrected chi connectivity index (χ4v) is 3.23. The highest BCUT2D eigenvalue weighted by Crippen LogP contribution is 2.29. The molecule has 1 unspecified atom stereocenters. The quantitative estimate of drug-likeness (QED) is 0.866. The molecule has 0 bridgehead atoms. The molecular weight excluding hydrogens is 336 g/mol. The number of carbonyl (C=O) groups excluding carboxylic acids is 2. The third kappa shape index (κ3) is 2.82. The van der Waals surface area contributed by atoms with Gasteiger partial charge in [-0.3, -0.25) is 9.59 Å². The molecular formula is C18H20N4O4. The maximum Gasteiger partial charge on any atom is 0.288 e. The zero-order valence-electron chi connectivity index (χ0n) is 14.6. The van der Waals surface area contributed by atoms with Gasteiger partial charge in [0.05, 0.1) is 36.8 Å². The molecule has 1 aromatic carbocycles. The molecule has 0 saturated heterocycles. The summed E-state index contributed by atoms with van der Waals surface area (Å²) in [4.78, 5) is 31.2. The molecule has 3 heterocycles. The van der Waals surface area contributed by atoms with Crippen molar-refractivity contribution in [3.63, 3.8) is 0 Å². The van der Waals surface area contributed by atoms with Gasteiger partial charge in [0.2, 0.25) is 0 Å². The number of nitrogens with zero attached hydrogens (tertiary/aromatic N) is 3. The first-order valence-electron chi connectivity index (χ1n) is 8.51. The minimum Gasteiger partial charge on any atom is -0.489 e. The largest absolute Gasteiger partial charge is 0.489 e. The third-order valence-corrected chi connectivity index (χ3v) is 4.66. The molecule has 0 spiro atoms. The molecule has 0 aliphatic carbocycles. The molecule has 8 nitrogen and oxygen atoms in total.